The molecule has 1 atom stereocenters. The lowest BCUT2D eigenvalue weighted by Gasteiger charge is -2.21. The van der Waals surface area contributed by atoms with Crippen molar-refractivity contribution in [3.63, 3.8) is 0 Å². The topological polar surface area (TPSA) is 72.5 Å². The first kappa shape index (κ1) is 11.9. The molecule has 6 nitrogen and oxygen atoms in total. The van der Waals surface area contributed by atoms with Crippen LogP contribution in [0.4, 0.5) is 0 Å². The number of hydrogen-bond donors (Lipinski definition) is 2. The average molecular weight is 259 g/mol. The van der Waals surface area contributed by atoms with Crippen molar-refractivity contribution in [3.8, 4) is 11.4 Å². The molecular formula is C13H15N4O2+. The van der Waals surface area contributed by atoms with E-state index in [9.17, 15) is 4.79 Å². The van der Waals surface area contributed by atoms with E-state index in [4.69, 9.17) is 4.52 Å². The Morgan fingerprint density at radius 2 is 2.16 bits per heavy atom. The zero-order valence-electron chi connectivity index (χ0n) is 10.4. The lowest BCUT2D eigenvalue weighted by Crippen LogP contribution is -3.14. The molecule has 1 amide bonds. The minimum Gasteiger partial charge on any atom is -0.346 e. The fourth-order valence-electron chi connectivity index (χ4n) is 2.15. The van der Waals surface area contributed by atoms with E-state index in [-0.39, 0.29) is 5.91 Å². The van der Waals surface area contributed by atoms with Crippen LogP contribution in [0.15, 0.2) is 34.9 Å². The Balaban J connectivity index is 1.70. The monoisotopic (exact) mass is 259 g/mol. The van der Waals surface area contributed by atoms with Gasteiger partial charge in [-0.2, -0.15) is 4.98 Å². The quantitative estimate of drug-likeness (QED) is 0.761. The maximum absolute atomic E-state index is 11.3. The second kappa shape index (κ2) is 5.19. The van der Waals surface area contributed by atoms with Crippen molar-refractivity contribution < 1.29 is 14.2 Å². The number of quaternary nitrogens is 1. The SMILES string of the molecule is O=C1C[NH+](Cc2nc(-c3ccccc3)no2)CCN1. The summed E-state index contributed by atoms with van der Waals surface area (Å²) in [5.41, 5.74) is 0.934. The van der Waals surface area contributed by atoms with Gasteiger partial charge in [0.1, 0.15) is 0 Å². The predicted molar refractivity (Wildman–Crippen MR) is 67.1 cm³/mol. The van der Waals surface area contributed by atoms with E-state index in [1.165, 1.54) is 0 Å². The third kappa shape index (κ3) is 2.79. The Labute approximate surface area is 110 Å². The van der Waals surface area contributed by atoms with Gasteiger partial charge in [-0.25, -0.2) is 0 Å². The van der Waals surface area contributed by atoms with Gasteiger partial charge in [0, 0.05) is 5.56 Å². The molecule has 0 aliphatic carbocycles. The van der Waals surface area contributed by atoms with Crippen molar-refractivity contribution >= 4 is 5.91 Å². The number of hydrogen-bond acceptors (Lipinski definition) is 4. The van der Waals surface area contributed by atoms with Gasteiger partial charge in [0.25, 0.3) is 11.8 Å². The predicted octanol–water partition coefficient (Wildman–Crippen LogP) is -0.749. The van der Waals surface area contributed by atoms with Crippen LogP contribution in [0, 0.1) is 0 Å². The zero-order chi connectivity index (χ0) is 13.1. The Hall–Kier alpha value is -2.21. The molecule has 98 valence electrons. The minimum atomic E-state index is 0.0732. The normalized spacial score (nSPS) is 19.2. The molecule has 1 saturated heterocycles. The van der Waals surface area contributed by atoms with Gasteiger partial charge in [-0.05, 0) is 0 Å². The maximum Gasteiger partial charge on any atom is 0.282 e. The first-order valence-electron chi connectivity index (χ1n) is 6.29. The largest absolute Gasteiger partial charge is 0.346 e. The fraction of sp³-hybridized carbons (Fsp3) is 0.308. The molecule has 1 aromatic carbocycles. The molecule has 19 heavy (non-hydrogen) atoms. The van der Waals surface area contributed by atoms with E-state index >= 15 is 0 Å². The van der Waals surface area contributed by atoms with Crippen molar-refractivity contribution in [2.75, 3.05) is 19.6 Å². The highest BCUT2D eigenvalue weighted by Gasteiger charge is 2.22. The van der Waals surface area contributed by atoms with E-state index in [0.717, 1.165) is 17.0 Å². The van der Waals surface area contributed by atoms with Crippen molar-refractivity contribution in [3.05, 3.63) is 36.2 Å². The van der Waals surface area contributed by atoms with Gasteiger partial charge in [-0.1, -0.05) is 35.5 Å². The van der Waals surface area contributed by atoms with E-state index in [2.05, 4.69) is 15.5 Å². The second-order valence-electron chi connectivity index (χ2n) is 4.58. The lowest BCUT2D eigenvalue weighted by atomic mass is 10.2. The number of benzene rings is 1. The zero-order valence-corrected chi connectivity index (χ0v) is 10.4. The van der Waals surface area contributed by atoms with Gasteiger partial charge >= 0.3 is 0 Å². The van der Waals surface area contributed by atoms with Gasteiger partial charge in [0.05, 0.1) is 13.1 Å². The average Bonchev–Trinajstić information content (AvgIpc) is 2.88. The van der Waals surface area contributed by atoms with Crippen LogP contribution < -0.4 is 10.2 Å². The number of carbonyl (C=O) groups excluding carboxylic acids is 1. The maximum atomic E-state index is 11.3. The summed E-state index contributed by atoms with van der Waals surface area (Å²) >= 11 is 0. The van der Waals surface area contributed by atoms with Gasteiger partial charge < -0.3 is 14.7 Å². The third-order valence-corrected chi connectivity index (χ3v) is 3.11. The summed E-state index contributed by atoms with van der Waals surface area (Å²) < 4.78 is 5.24. The van der Waals surface area contributed by atoms with Crippen LogP contribution in [-0.2, 0) is 11.3 Å². The number of aromatic nitrogens is 2. The first-order chi connectivity index (χ1) is 9.31. The lowest BCUT2D eigenvalue weighted by molar-refractivity contribution is -0.908. The summed E-state index contributed by atoms with van der Waals surface area (Å²) in [6, 6.07) is 9.70. The summed E-state index contributed by atoms with van der Waals surface area (Å²) in [5, 5.41) is 6.77. The highest BCUT2D eigenvalue weighted by molar-refractivity contribution is 5.77. The van der Waals surface area contributed by atoms with Crippen molar-refractivity contribution in [1.29, 1.82) is 0 Å². The highest BCUT2D eigenvalue weighted by atomic mass is 16.5. The molecule has 6 heteroatoms. The Bertz CT molecular complexity index is 567. The number of nitrogens with one attached hydrogen (secondary N) is 2. The van der Waals surface area contributed by atoms with Crippen molar-refractivity contribution in [2.24, 2.45) is 0 Å². The summed E-state index contributed by atoms with van der Waals surface area (Å²) in [4.78, 5) is 16.8. The molecule has 1 aliphatic rings. The smallest absolute Gasteiger partial charge is 0.282 e. The van der Waals surface area contributed by atoms with E-state index < -0.39 is 0 Å². The van der Waals surface area contributed by atoms with E-state index in [1.54, 1.807) is 0 Å². The molecule has 3 rings (SSSR count). The van der Waals surface area contributed by atoms with Crippen LogP contribution in [0.2, 0.25) is 0 Å². The number of amides is 1. The number of nitrogens with zero attached hydrogens (tertiary/aromatic N) is 2. The van der Waals surface area contributed by atoms with E-state index in [0.29, 0.717) is 31.3 Å². The van der Waals surface area contributed by atoms with Crippen LogP contribution in [-0.4, -0.2) is 35.7 Å². The fourth-order valence-corrected chi connectivity index (χ4v) is 2.15. The van der Waals surface area contributed by atoms with Crippen LogP contribution in [0.3, 0.4) is 0 Å². The van der Waals surface area contributed by atoms with Gasteiger partial charge in [0.15, 0.2) is 13.1 Å². The molecule has 2 heterocycles. The van der Waals surface area contributed by atoms with Crippen LogP contribution in [0.1, 0.15) is 5.89 Å². The third-order valence-electron chi connectivity index (χ3n) is 3.11. The van der Waals surface area contributed by atoms with Crippen molar-refractivity contribution in [2.45, 2.75) is 6.54 Å². The standard InChI is InChI=1S/C13H14N4O2/c18-11-8-17(7-6-14-11)9-12-15-13(16-19-12)10-4-2-1-3-5-10/h1-5H,6-9H2,(H,14,18)/p+1. The molecule has 2 aromatic rings. The molecule has 2 N–H and O–H groups in total. The van der Waals surface area contributed by atoms with Crippen LogP contribution in [0.5, 0.6) is 0 Å². The van der Waals surface area contributed by atoms with Gasteiger partial charge in [-0.15, -0.1) is 0 Å². The number of rotatable bonds is 3. The second-order valence-corrected chi connectivity index (χ2v) is 4.58. The molecule has 1 aliphatic heterocycles. The first-order valence-corrected chi connectivity index (χ1v) is 6.29. The molecule has 1 aromatic heterocycles. The Kier molecular flexibility index (Phi) is 3.24. The minimum absolute atomic E-state index is 0.0732. The summed E-state index contributed by atoms with van der Waals surface area (Å²) in [7, 11) is 0. The van der Waals surface area contributed by atoms with E-state index in [1.807, 2.05) is 30.3 Å². The molecule has 1 unspecified atom stereocenters. The van der Waals surface area contributed by atoms with Crippen LogP contribution in [0.25, 0.3) is 11.4 Å². The molecule has 0 radical (unpaired) electrons. The Morgan fingerprint density at radius 3 is 2.95 bits per heavy atom. The number of piperazine rings is 1. The molecule has 0 spiro atoms. The number of carbonyl (C=O) groups is 1. The van der Waals surface area contributed by atoms with Crippen molar-refractivity contribution in [1.82, 2.24) is 15.5 Å². The summed E-state index contributed by atoms with van der Waals surface area (Å²) in [6.07, 6.45) is 0. The summed E-state index contributed by atoms with van der Waals surface area (Å²) in [6.45, 7) is 2.64. The van der Waals surface area contributed by atoms with Gasteiger partial charge in [-0.3, -0.25) is 4.79 Å². The summed E-state index contributed by atoms with van der Waals surface area (Å²) in [5.74, 6) is 1.24. The molecule has 1 fully saturated rings. The molecular weight excluding hydrogens is 244 g/mol. The van der Waals surface area contributed by atoms with Crippen LogP contribution >= 0.6 is 0 Å². The molecule has 0 bridgehead atoms. The van der Waals surface area contributed by atoms with Gasteiger partial charge in [0.2, 0.25) is 5.82 Å². The Morgan fingerprint density at radius 1 is 1.32 bits per heavy atom. The molecule has 0 saturated carbocycles. The highest BCUT2D eigenvalue weighted by Crippen LogP contribution is 2.14.